The molecule has 0 aliphatic rings. The third-order valence-corrected chi connectivity index (χ3v) is 5.80. The Labute approximate surface area is 187 Å². The Morgan fingerprint density at radius 3 is 2.21 bits per heavy atom. The van der Waals surface area contributed by atoms with Gasteiger partial charge in [-0.1, -0.05) is 30.3 Å². The number of aromatic nitrogens is 4. The number of rotatable bonds is 3. The molecule has 6 nitrogen and oxygen atoms in total. The number of fused-ring (bicyclic) bond motifs is 2. The second-order valence-corrected chi connectivity index (χ2v) is 8.05. The highest BCUT2D eigenvalue weighted by molar-refractivity contribution is 7.99. The number of halogens is 3. The molecule has 0 aliphatic heterocycles. The monoisotopic (exact) mass is 466 g/mol. The van der Waals surface area contributed by atoms with Crippen molar-refractivity contribution in [3.05, 3.63) is 99.1 Å². The third kappa shape index (κ3) is 3.89. The molecule has 2 aromatic heterocycles. The average Bonchev–Trinajstić information content (AvgIpc) is 2.79. The molecule has 0 radical (unpaired) electrons. The van der Waals surface area contributed by atoms with Crippen LogP contribution in [0.3, 0.4) is 0 Å². The molecule has 0 aliphatic carbocycles. The van der Waals surface area contributed by atoms with Gasteiger partial charge in [-0.2, -0.15) is 13.2 Å². The van der Waals surface area contributed by atoms with Crippen LogP contribution in [0.15, 0.2) is 92.7 Å². The highest BCUT2D eigenvalue weighted by Crippen LogP contribution is 2.32. The molecule has 0 amide bonds. The lowest BCUT2D eigenvalue weighted by atomic mass is 10.2. The molecule has 2 heterocycles. The minimum atomic E-state index is -4.58. The maximum Gasteiger partial charge on any atom is 0.416 e. The normalized spacial score (nSPS) is 11.8. The van der Waals surface area contributed by atoms with Crippen molar-refractivity contribution in [2.75, 3.05) is 0 Å². The number of alkyl halides is 3. The van der Waals surface area contributed by atoms with Crippen LogP contribution in [0.4, 0.5) is 13.2 Å². The van der Waals surface area contributed by atoms with Crippen molar-refractivity contribution >= 4 is 33.6 Å². The van der Waals surface area contributed by atoms with Gasteiger partial charge in [0.25, 0.3) is 11.1 Å². The number of para-hydroxylation sites is 2. The first-order chi connectivity index (χ1) is 15.8. The molecule has 0 saturated carbocycles. The van der Waals surface area contributed by atoms with Gasteiger partial charge >= 0.3 is 6.18 Å². The van der Waals surface area contributed by atoms with Crippen LogP contribution in [0.2, 0.25) is 0 Å². The molecular weight excluding hydrogens is 453 g/mol. The summed E-state index contributed by atoms with van der Waals surface area (Å²) in [7, 11) is 0. The topological polar surface area (TPSA) is 80.6 Å². The zero-order valence-corrected chi connectivity index (χ0v) is 17.4. The van der Waals surface area contributed by atoms with Crippen LogP contribution in [0.1, 0.15) is 5.56 Å². The number of hydrogen-bond acceptors (Lipinski definition) is 5. The van der Waals surface area contributed by atoms with Gasteiger partial charge in [-0.3, -0.25) is 14.2 Å². The Bertz CT molecular complexity index is 1640. The predicted octanol–water partition coefficient (Wildman–Crippen LogP) is 4.79. The number of H-pyrrole nitrogens is 1. The Morgan fingerprint density at radius 2 is 1.48 bits per heavy atom. The van der Waals surface area contributed by atoms with Crippen molar-refractivity contribution < 1.29 is 13.2 Å². The summed E-state index contributed by atoms with van der Waals surface area (Å²) in [5.41, 5.74) is -0.997. The van der Waals surface area contributed by atoms with E-state index in [9.17, 15) is 22.8 Å². The molecule has 33 heavy (non-hydrogen) atoms. The van der Waals surface area contributed by atoms with Crippen molar-refractivity contribution in [1.29, 1.82) is 0 Å². The fourth-order valence-electron chi connectivity index (χ4n) is 3.43. The van der Waals surface area contributed by atoms with Gasteiger partial charge in [-0.15, -0.1) is 0 Å². The summed E-state index contributed by atoms with van der Waals surface area (Å²) < 4.78 is 41.1. The molecule has 5 aromatic rings. The number of hydrogen-bond donors (Lipinski definition) is 1. The van der Waals surface area contributed by atoms with Gasteiger partial charge < -0.3 is 4.98 Å². The molecule has 1 N–H and O–H groups in total. The van der Waals surface area contributed by atoms with Gasteiger partial charge in [-0.05, 0) is 54.2 Å². The summed E-state index contributed by atoms with van der Waals surface area (Å²) in [6, 6.07) is 17.7. The Morgan fingerprint density at radius 1 is 0.818 bits per heavy atom. The van der Waals surface area contributed by atoms with Gasteiger partial charge in [-0.25, -0.2) is 9.97 Å². The van der Waals surface area contributed by atoms with Gasteiger partial charge in [0.2, 0.25) is 0 Å². The summed E-state index contributed by atoms with van der Waals surface area (Å²) in [6.07, 6.45) is -4.58. The molecule has 0 bridgehead atoms. The van der Waals surface area contributed by atoms with Crippen LogP contribution >= 0.6 is 11.8 Å². The molecule has 0 spiro atoms. The average molecular weight is 466 g/mol. The van der Waals surface area contributed by atoms with E-state index >= 15 is 0 Å². The quantitative estimate of drug-likeness (QED) is 0.387. The zero-order valence-electron chi connectivity index (χ0n) is 16.6. The van der Waals surface area contributed by atoms with Gasteiger partial charge in [0.1, 0.15) is 0 Å². The van der Waals surface area contributed by atoms with E-state index in [1.165, 1.54) is 12.1 Å². The second kappa shape index (κ2) is 7.89. The van der Waals surface area contributed by atoms with E-state index in [-0.39, 0.29) is 26.9 Å². The van der Waals surface area contributed by atoms with Crippen LogP contribution in [-0.4, -0.2) is 19.5 Å². The molecule has 0 fully saturated rings. The summed E-state index contributed by atoms with van der Waals surface area (Å²) >= 11 is 0.884. The molecular formula is C23H13F3N4O2S. The highest BCUT2D eigenvalue weighted by Gasteiger charge is 2.31. The van der Waals surface area contributed by atoms with Crippen molar-refractivity contribution in [3.8, 4) is 5.69 Å². The number of benzene rings is 3. The second-order valence-electron chi connectivity index (χ2n) is 7.09. The van der Waals surface area contributed by atoms with E-state index in [0.29, 0.717) is 16.4 Å². The largest absolute Gasteiger partial charge is 0.416 e. The fraction of sp³-hybridized carbons (Fsp3) is 0.0435. The number of nitrogens with zero attached hydrogens (tertiary/aromatic N) is 3. The first-order valence-electron chi connectivity index (χ1n) is 9.67. The maximum absolute atomic E-state index is 13.3. The molecule has 0 saturated heterocycles. The van der Waals surface area contributed by atoms with Gasteiger partial charge in [0, 0.05) is 0 Å². The SMILES string of the molecule is O=c1[nH]c(Sc2nc3ccccc3c(=O)n2-c2cccc(C(F)(F)F)c2)nc2ccccc12. The van der Waals surface area contributed by atoms with Gasteiger partial charge in [0.05, 0.1) is 33.1 Å². The Hall–Kier alpha value is -3.92. The molecule has 10 heteroatoms. The molecule has 0 atom stereocenters. The van der Waals surface area contributed by atoms with E-state index in [1.54, 1.807) is 48.5 Å². The van der Waals surface area contributed by atoms with Crippen LogP contribution in [0, 0.1) is 0 Å². The van der Waals surface area contributed by atoms with Crippen molar-refractivity contribution in [3.63, 3.8) is 0 Å². The minimum absolute atomic E-state index is 0.00119. The van der Waals surface area contributed by atoms with E-state index in [4.69, 9.17) is 0 Å². The molecule has 0 unspecified atom stereocenters. The van der Waals surface area contributed by atoms with Crippen molar-refractivity contribution in [1.82, 2.24) is 19.5 Å². The van der Waals surface area contributed by atoms with Gasteiger partial charge in [0.15, 0.2) is 10.3 Å². The fourth-order valence-corrected chi connectivity index (χ4v) is 4.31. The smallest absolute Gasteiger partial charge is 0.301 e. The van der Waals surface area contributed by atoms with E-state index in [2.05, 4.69) is 15.0 Å². The first kappa shape index (κ1) is 21.0. The predicted molar refractivity (Wildman–Crippen MR) is 119 cm³/mol. The van der Waals surface area contributed by atoms with Crippen LogP contribution in [0.25, 0.3) is 27.5 Å². The standard InChI is InChI=1S/C23H13F3N4O2S/c24-23(25,26)13-6-5-7-14(12-13)30-20(32)16-9-2-4-11-18(16)28-22(30)33-21-27-17-10-3-1-8-15(17)19(31)29-21/h1-12H,(H,27,29,31). The lowest BCUT2D eigenvalue weighted by molar-refractivity contribution is -0.137. The summed E-state index contributed by atoms with van der Waals surface area (Å²) in [5.74, 6) is 0. The summed E-state index contributed by atoms with van der Waals surface area (Å²) in [4.78, 5) is 37.3. The van der Waals surface area contributed by atoms with Crippen LogP contribution < -0.4 is 11.1 Å². The Kier molecular flexibility index (Phi) is 5.01. The minimum Gasteiger partial charge on any atom is -0.301 e. The van der Waals surface area contributed by atoms with E-state index in [0.717, 1.165) is 28.5 Å². The molecule has 5 rings (SSSR count). The number of nitrogens with one attached hydrogen (secondary N) is 1. The zero-order chi connectivity index (χ0) is 23.2. The van der Waals surface area contributed by atoms with Crippen LogP contribution in [0.5, 0.6) is 0 Å². The van der Waals surface area contributed by atoms with Crippen LogP contribution in [-0.2, 0) is 6.18 Å². The molecule has 3 aromatic carbocycles. The number of aromatic amines is 1. The lowest BCUT2D eigenvalue weighted by Crippen LogP contribution is -2.22. The summed E-state index contributed by atoms with van der Waals surface area (Å²) in [5, 5.41) is 0.862. The molecule has 164 valence electrons. The summed E-state index contributed by atoms with van der Waals surface area (Å²) in [6.45, 7) is 0. The van der Waals surface area contributed by atoms with Crippen molar-refractivity contribution in [2.24, 2.45) is 0 Å². The van der Waals surface area contributed by atoms with E-state index < -0.39 is 17.3 Å². The highest BCUT2D eigenvalue weighted by atomic mass is 32.2. The first-order valence-corrected chi connectivity index (χ1v) is 10.5. The Balaban J connectivity index is 1.74. The van der Waals surface area contributed by atoms with E-state index in [1.807, 2.05) is 0 Å². The lowest BCUT2D eigenvalue weighted by Gasteiger charge is -2.14. The van der Waals surface area contributed by atoms with Crippen molar-refractivity contribution in [2.45, 2.75) is 16.5 Å². The third-order valence-electron chi connectivity index (χ3n) is 4.96. The maximum atomic E-state index is 13.3.